The number of hydrogen-bond donors (Lipinski definition) is 0. The van der Waals surface area contributed by atoms with Crippen LogP contribution in [0.3, 0.4) is 0 Å². The average molecular weight is 665 g/mol. The minimum atomic E-state index is 0.500. The van der Waals surface area contributed by atoms with E-state index in [1.54, 1.807) is 0 Å². The molecule has 0 amide bonds. The summed E-state index contributed by atoms with van der Waals surface area (Å²) in [5.74, 6) is 0. The first-order valence-corrected chi connectivity index (χ1v) is 22.1. The van der Waals surface area contributed by atoms with Gasteiger partial charge in [-0.05, 0) is 31.4 Å². The van der Waals surface area contributed by atoms with Crippen molar-refractivity contribution in [2.75, 3.05) is 11.4 Å². The van der Waals surface area contributed by atoms with Crippen LogP contribution in [0.4, 0.5) is 5.69 Å². The number of rotatable bonds is 36. The van der Waals surface area contributed by atoms with E-state index in [-0.39, 0.29) is 0 Å². The quantitative estimate of drug-likeness (QED) is 0.0659. The van der Waals surface area contributed by atoms with Crippen LogP contribution in [0.25, 0.3) is 0 Å². The minimum absolute atomic E-state index is 0.500. The zero-order chi connectivity index (χ0) is 34.0. The molecule has 0 saturated heterocycles. The van der Waals surface area contributed by atoms with Crippen LogP contribution < -0.4 is 4.90 Å². The second kappa shape index (κ2) is 32.7. The lowest BCUT2D eigenvalue weighted by Gasteiger charge is -2.33. The van der Waals surface area contributed by atoms with Crippen molar-refractivity contribution >= 4 is 5.69 Å². The Morgan fingerprint density at radius 3 is 1.08 bits per heavy atom. The molecule has 1 aromatic rings. The smallest absolute Gasteiger partial charge is 0.105 e. The zero-order valence-corrected chi connectivity index (χ0v) is 32.8. The van der Waals surface area contributed by atoms with Gasteiger partial charge in [0.1, 0.15) is 6.17 Å². The lowest BCUT2D eigenvalue weighted by Crippen LogP contribution is -2.39. The predicted molar refractivity (Wildman–Crippen MR) is 217 cm³/mol. The molecule has 0 bridgehead atoms. The van der Waals surface area contributed by atoms with Gasteiger partial charge in [-0.2, -0.15) is 0 Å². The summed E-state index contributed by atoms with van der Waals surface area (Å²) >= 11 is 0. The van der Waals surface area contributed by atoms with Gasteiger partial charge in [-0.1, -0.05) is 231 Å². The van der Waals surface area contributed by atoms with Gasteiger partial charge in [0.2, 0.25) is 0 Å². The summed E-state index contributed by atoms with van der Waals surface area (Å²) in [5.41, 5.74) is 1.35. The van der Waals surface area contributed by atoms with Crippen molar-refractivity contribution in [3.05, 3.63) is 42.7 Å². The molecular weight excluding hydrogens is 581 g/mol. The average Bonchev–Trinajstić information content (AvgIpc) is 3.52. The second-order valence-electron chi connectivity index (χ2n) is 15.5. The molecule has 0 N–H and O–H groups in total. The largest absolute Gasteiger partial charge is 0.356 e. The van der Waals surface area contributed by atoms with Crippen molar-refractivity contribution in [3.63, 3.8) is 0 Å². The summed E-state index contributed by atoms with van der Waals surface area (Å²) in [6, 6.07) is 11.1. The van der Waals surface area contributed by atoms with Gasteiger partial charge < -0.3 is 9.80 Å². The number of anilines is 1. The highest BCUT2D eigenvalue weighted by Crippen LogP contribution is 2.28. The highest BCUT2D eigenvalue weighted by Gasteiger charge is 2.26. The van der Waals surface area contributed by atoms with Gasteiger partial charge in [0.25, 0.3) is 0 Å². The van der Waals surface area contributed by atoms with Crippen molar-refractivity contribution in [2.24, 2.45) is 0 Å². The number of unbranched alkanes of at least 4 members (excludes halogenated alkanes) is 31. The third-order valence-electron chi connectivity index (χ3n) is 11.0. The van der Waals surface area contributed by atoms with Crippen molar-refractivity contribution in [2.45, 2.75) is 238 Å². The highest BCUT2D eigenvalue weighted by molar-refractivity contribution is 5.51. The zero-order valence-electron chi connectivity index (χ0n) is 32.8. The molecule has 1 unspecified atom stereocenters. The maximum Gasteiger partial charge on any atom is 0.105 e. The number of hydrogen-bond acceptors (Lipinski definition) is 2. The maximum atomic E-state index is 2.66. The molecule has 1 aliphatic rings. The summed E-state index contributed by atoms with van der Waals surface area (Å²) in [7, 11) is 0. The Morgan fingerprint density at radius 2 is 0.708 bits per heavy atom. The Balaban J connectivity index is 1.47. The van der Waals surface area contributed by atoms with Gasteiger partial charge >= 0.3 is 0 Å². The first-order valence-electron chi connectivity index (χ1n) is 22.1. The van der Waals surface area contributed by atoms with Crippen LogP contribution in [0.5, 0.6) is 0 Å². The van der Waals surface area contributed by atoms with E-state index < -0.39 is 0 Å². The van der Waals surface area contributed by atoms with E-state index in [1.165, 1.54) is 231 Å². The highest BCUT2D eigenvalue weighted by atomic mass is 15.4. The van der Waals surface area contributed by atoms with E-state index in [0.717, 1.165) is 0 Å². The molecule has 1 heterocycles. The lowest BCUT2D eigenvalue weighted by molar-refractivity contribution is 0.273. The van der Waals surface area contributed by atoms with Crippen LogP contribution >= 0.6 is 0 Å². The summed E-state index contributed by atoms with van der Waals surface area (Å²) in [4.78, 5) is 5.20. The fourth-order valence-corrected chi connectivity index (χ4v) is 7.80. The fraction of sp³-hybridized carbons (Fsp3) is 0.826. The first-order chi connectivity index (χ1) is 23.9. The van der Waals surface area contributed by atoms with Gasteiger partial charge in [0.15, 0.2) is 0 Å². The van der Waals surface area contributed by atoms with E-state index in [0.29, 0.717) is 6.17 Å². The second-order valence-corrected chi connectivity index (χ2v) is 15.5. The van der Waals surface area contributed by atoms with Crippen LogP contribution in [0, 0.1) is 0 Å². The van der Waals surface area contributed by atoms with Gasteiger partial charge in [-0.25, -0.2) is 0 Å². The fourth-order valence-electron chi connectivity index (χ4n) is 7.80. The van der Waals surface area contributed by atoms with E-state index >= 15 is 0 Å². The Hall–Kier alpha value is -1.44. The molecule has 2 heteroatoms. The number of para-hydroxylation sites is 1. The van der Waals surface area contributed by atoms with Crippen LogP contribution in [0.15, 0.2) is 42.7 Å². The summed E-state index contributed by atoms with van der Waals surface area (Å²) in [6.45, 7) is 5.83. The summed E-state index contributed by atoms with van der Waals surface area (Å²) in [5, 5.41) is 0. The molecule has 0 saturated carbocycles. The minimum Gasteiger partial charge on any atom is -0.356 e. The Kier molecular flexibility index (Phi) is 29.1. The topological polar surface area (TPSA) is 6.48 Å². The van der Waals surface area contributed by atoms with Crippen LogP contribution in [-0.2, 0) is 0 Å². The summed E-state index contributed by atoms with van der Waals surface area (Å²) < 4.78 is 0. The molecule has 0 aromatic heterocycles. The molecule has 48 heavy (non-hydrogen) atoms. The van der Waals surface area contributed by atoms with Crippen LogP contribution in [0.2, 0.25) is 0 Å². The molecule has 1 atom stereocenters. The van der Waals surface area contributed by atoms with Crippen molar-refractivity contribution < 1.29 is 0 Å². The molecule has 1 aromatic carbocycles. The van der Waals surface area contributed by atoms with Crippen LogP contribution in [0.1, 0.15) is 232 Å². The molecule has 0 aliphatic carbocycles. The number of nitrogens with zero attached hydrogens (tertiary/aromatic N) is 2. The van der Waals surface area contributed by atoms with E-state index in [1.807, 2.05) is 0 Å². The predicted octanol–water partition coefficient (Wildman–Crippen LogP) is 15.9. The van der Waals surface area contributed by atoms with E-state index in [4.69, 9.17) is 0 Å². The standard InChI is InChI=1S/C46H84N2/c1-3-5-7-9-11-13-15-17-19-21-22-24-26-28-30-32-37-41-46-47(43-44-48(46)45-39-35-34-36-40-45)42-38-33-31-29-27-25-23-20-18-16-14-12-10-8-6-4-2/h34-36,39-40,43-44,46H,3-33,37-38,41-42H2,1-2H3. The molecule has 0 radical (unpaired) electrons. The molecule has 0 spiro atoms. The molecular formula is C46H84N2. The summed E-state index contributed by atoms with van der Waals surface area (Å²) in [6.07, 6.45) is 54.0. The van der Waals surface area contributed by atoms with Gasteiger partial charge in [-0.15, -0.1) is 0 Å². The molecule has 0 fully saturated rings. The Bertz CT molecular complexity index is 804. The van der Waals surface area contributed by atoms with E-state index in [9.17, 15) is 0 Å². The van der Waals surface area contributed by atoms with Crippen molar-refractivity contribution in [3.8, 4) is 0 Å². The number of benzene rings is 1. The normalized spacial score (nSPS) is 14.5. The molecule has 2 rings (SSSR count). The lowest BCUT2D eigenvalue weighted by atomic mass is 10.0. The van der Waals surface area contributed by atoms with Crippen molar-refractivity contribution in [1.82, 2.24) is 4.90 Å². The molecule has 278 valence electrons. The van der Waals surface area contributed by atoms with Gasteiger partial charge in [0, 0.05) is 24.6 Å². The SMILES string of the molecule is CCCCCCCCCCCCCCCCCCCC1N(CCCCCCCCCCCCCCCCCC)C=CN1c1ccccc1. The third kappa shape index (κ3) is 23.1. The third-order valence-corrected chi connectivity index (χ3v) is 11.0. The van der Waals surface area contributed by atoms with Crippen molar-refractivity contribution in [1.29, 1.82) is 0 Å². The van der Waals surface area contributed by atoms with Gasteiger partial charge in [0.05, 0.1) is 0 Å². The first kappa shape index (κ1) is 42.7. The maximum absolute atomic E-state index is 2.66. The van der Waals surface area contributed by atoms with E-state index in [2.05, 4.69) is 66.4 Å². The Morgan fingerprint density at radius 1 is 0.375 bits per heavy atom. The molecule has 1 aliphatic heterocycles. The van der Waals surface area contributed by atoms with Crippen LogP contribution in [-0.4, -0.2) is 17.6 Å². The monoisotopic (exact) mass is 665 g/mol. The Labute approximate surface area is 302 Å². The van der Waals surface area contributed by atoms with Gasteiger partial charge in [-0.3, -0.25) is 0 Å². The molecule has 2 nitrogen and oxygen atoms in total.